The molecule has 0 bridgehead atoms. The van der Waals surface area contributed by atoms with Crippen molar-refractivity contribution in [3.8, 4) is 5.75 Å². The van der Waals surface area contributed by atoms with Crippen LogP contribution in [0.5, 0.6) is 5.75 Å². The molecule has 13 heavy (non-hydrogen) atoms. The smallest absolute Gasteiger partial charge is 0.166 e. The maximum absolute atomic E-state index is 11.3. The summed E-state index contributed by atoms with van der Waals surface area (Å²) in [5, 5.41) is 9.64. The van der Waals surface area contributed by atoms with Crippen molar-refractivity contribution in [2.75, 3.05) is 0 Å². The monoisotopic (exact) mass is 262 g/mol. The van der Waals surface area contributed by atoms with Crippen LogP contribution in [0.2, 0.25) is 5.02 Å². The van der Waals surface area contributed by atoms with Crippen LogP contribution >= 0.6 is 27.5 Å². The van der Waals surface area contributed by atoms with Crippen molar-refractivity contribution in [1.29, 1.82) is 0 Å². The minimum atomic E-state index is -0.142. The highest BCUT2D eigenvalue weighted by atomic mass is 79.9. The number of hydrogen-bond donors (Lipinski definition) is 1. The molecular formula is C9H8BrClO2. The van der Waals surface area contributed by atoms with Gasteiger partial charge in [-0.3, -0.25) is 4.79 Å². The molecular weight excluding hydrogens is 255 g/mol. The molecule has 1 aromatic carbocycles. The van der Waals surface area contributed by atoms with E-state index in [-0.39, 0.29) is 22.1 Å². The zero-order chi connectivity index (χ0) is 10.0. The molecule has 0 aromatic heterocycles. The lowest BCUT2D eigenvalue weighted by Gasteiger charge is -2.04. The molecule has 0 spiro atoms. The predicted octanol–water partition coefficient (Wildman–Crippen LogP) is 3.40. The lowest BCUT2D eigenvalue weighted by atomic mass is 10.1. The molecule has 0 amide bonds. The normalized spacial score (nSPS) is 10.1. The van der Waals surface area contributed by atoms with Crippen LogP contribution in [0.3, 0.4) is 0 Å². The van der Waals surface area contributed by atoms with Crippen molar-refractivity contribution in [3.05, 3.63) is 27.2 Å². The second-order valence-corrected chi connectivity index (χ2v) is 3.88. The number of ketones is 1. The van der Waals surface area contributed by atoms with Gasteiger partial charge in [-0.1, -0.05) is 34.5 Å². The van der Waals surface area contributed by atoms with Gasteiger partial charge in [-0.25, -0.2) is 0 Å². The largest absolute Gasteiger partial charge is 0.506 e. The zero-order valence-electron chi connectivity index (χ0n) is 6.97. The first-order valence-electron chi connectivity index (χ1n) is 3.77. The van der Waals surface area contributed by atoms with Crippen LogP contribution < -0.4 is 0 Å². The lowest BCUT2D eigenvalue weighted by molar-refractivity contribution is 0.0985. The zero-order valence-corrected chi connectivity index (χ0v) is 9.32. The highest BCUT2D eigenvalue weighted by Gasteiger charge is 2.12. The Labute approximate surface area is 89.7 Å². The summed E-state index contributed by atoms with van der Waals surface area (Å²) < 4.78 is 0.687. The predicted molar refractivity (Wildman–Crippen MR) is 55.4 cm³/mol. The summed E-state index contributed by atoms with van der Waals surface area (Å²) >= 11 is 8.88. The van der Waals surface area contributed by atoms with Gasteiger partial charge >= 0.3 is 0 Å². The van der Waals surface area contributed by atoms with Crippen LogP contribution in [0.4, 0.5) is 0 Å². The third-order valence-electron chi connectivity index (χ3n) is 1.65. The standard InChI is InChI=1S/C9H8BrClO2/c1-2-8(12)6-3-5(10)4-7(11)9(6)13/h3-4,13H,2H2,1H3. The van der Waals surface area contributed by atoms with E-state index in [2.05, 4.69) is 15.9 Å². The average molecular weight is 264 g/mol. The Balaban J connectivity index is 3.28. The number of carbonyl (C=O) groups is 1. The van der Waals surface area contributed by atoms with Crippen molar-refractivity contribution in [2.45, 2.75) is 13.3 Å². The summed E-state index contributed by atoms with van der Waals surface area (Å²) in [6, 6.07) is 3.11. The number of carbonyl (C=O) groups excluding carboxylic acids is 1. The Bertz CT molecular complexity index is 350. The number of halogens is 2. The second-order valence-electron chi connectivity index (χ2n) is 2.56. The maximum atomic E-state index is 11.3. The maximum Gasteiger partial charge on any atom is 0.166 e. The van der Waals surface area contributed by atoms with E-state index in [0.717, 1.165) is 0 Å². The van der Waals surface area contributed by atoms with Gasteiger partial charge in [0, 0.05) is 10.9 Å². The van der Waals surface area contributed by atoms with Crippen molar-refractivity contribution >= 4 is 33.3 Å². The molecule has 0 heterocycles. The van der Waals surface area contributed by atoms with E-state index in [4.69, 9.17) is 11.6 Å². The molecule has 0 fully saturated rings. The van der Waals surface area contributed by atoms with E-state index in [1.54, 1.807) is 19.1 Å². The van der Waals surface area contributed by atoms with Gasteiger partial charge in [-0.05, 0) is 12.1 Å². The lowest BCUT2D eigenvalue weighted by Crippen LogP contribution is -1.97. The van der Waals surface area contributed by atoms with Gasteiger partial charge in [0.2, 0.25) is 0 Å². The van der Waals surface area contributed by atoms with Gasteiger partial charge in [0.1, 0.15) is 5.75 Å². The molecule has 70 valence electrons. The molecule has 4 heteroatoms. The Morgan fingerprint density at radius 2 is 2.23 bits per heavy atom. The SMILES string of the molecule is CCC(=O)c1cc(Br)cc(Cl)c1O. The summed E-state index contributed by atoms with van der Waals surface area (Å²) in [7, 11) is 0. The molecule has 0 aliphatic rings. The van der Waals surface area contributed by atoms with E-state index < -0.39 is 0 Å². The third kappa shape index (κ3) is 2.23. The van der Waals surface area contributed by atoms with E-state index in [1.807, 2.05) is 0 Å². The fraction of sp³-hybridized carbons (Fsp3) is 0.222. The minimum Gasteiger partial charge on any atom is -0.506 e. The molecule has 0 radical (unpaired) electrons. The molecule has 0 saturated heterocycles. The summed E-state index contributed by atoms with van der Waals surface area (Å²) in [5.74, 6) is -0.266. The van der Waals surface area contributed by atoms with E-state index in [0.29, 0.717) is 10.9 Å². The molecule has 0 aliphatic heterocycles. The van der Waals surface area contributed by atoms with Gasteiger partial charge < -0.3 is 5.11 Å². The van der Waals surface area contributed by atoms with Gasteiger partial charge in [-0.2, -0.15) is 0 Å². The van der Waals surface area contributed by atoms with Gasteiger partial charge in [0.15, 0.2) is 5.78 Å². The summed E-state index contributed by atoms with van der Waals surface area (Å²) in [5.41, 5.74) is 0.266. The van der Waals surface area contributed by atoms with Crippen molar-refractivity contribution in [2.24, 2.45) is 0 Å². The fourth-order valence-electron chi connectivity index (χ4n) is 0.969. The van der Waals surface area contributed by atoms with E-state index >= 15 is 0 Å². The summed E-state index contributed by atoms with van der Waals surface area (Å²) in [6.07, 6.45) is 0.348. The fourth-order valence-corrected chi connectivity index (χ4v) is 1.78. The Kier molecular flexibility index (Phi) is 3.33. The van der Waals surface area contributed by atoms with Crippen LogP contribution in [0.15, 0.2) is 16.6 Å². The van der Waals surface area contributed by atoms with Crippen LogP contribution in [0.25, 0.3) is 0 Å². The van der Waals surface area contributed by atoms with Gasteiger partial charge in [-0.15, -0.1) is 0 Å². The second kappa shape index (κ2) is 4.11. The molecule has 0 aliphatic carbocycles. The number of phenolic OH excluding ortho intramolecular Hbond substituents is 1. The number of phenols is 1. The molecule has 1 aromatic rings. The van der Waals surface area contributed by atoms with Gasteiger partial charge in [0.05, 0.1) is 10.6 Å². The average Bonchev–Trinajstić information content (AvgIpc) is 2.10. The molecule has 1 rings (SSSR count). The van der Waals surface area contributed by atoms with Crippen LogP contribution in [-0.2, 0) is 0 Å². The van der Waals surface area contributed by atoms with Crippen LogP contribution in [0, 0.1) is 0 Å². The highest BCUT2D eigenvalue weighted by molar-refractivity contribution is 9.10. The molecule has 0 atom stereocenters. The number of hydrogen-bond acceptors (Lipinski definition) is 2. The van der Waals surface area contributed by atoms with Crippen LogP contribution in [-0.4, -0.2) is 10.9 Å². The van der Waals surface area contributed by atoms with Crippen molar-refractivity contribution < 1.29 is 9.90 Å². The first-order valence-corrected chi connectivity index (χ1v) is 4.94. The first-order chi connectivity index (χ1) is 6.06. The molecule has 0 saturated carbocycles. The number of rotatable bonds is 2. The summed E-state index contributed by atoms with van der Waals surface area (Å²) in [4.78, 5) is 11.3. The van der Waals surface area contributed by atoms with Crippen molar-refractivity contribution in [1.82, 2.24) is 0 Å². The highest BCUT2D eigenvalue weighted by Crippen LogP contribution is 2.31. The summed E-state index contributed by atoms with van der Waals surface area (Å²) in [6.45, 7) is 1.73. The first kappa shape index (κ1) is 10.5. The molecule has 2 nitrogen and oxygen atoms in total. The van der Waals surface area contributed by atoms with Gasteiger partial charge in [0.25, 0.3) is 0 Å². The number of Topliss-reactive ketones (excluding diaryl/α,β-unsaturated/α-hetero) is 1. The molecule has 1 N–H and O–H groups in total. The van der Waals surface area contributed by atoms with Crippen molar-refractivity contribution in [3.63, 3.8) is 0 Å². The minimum absolute atomic E-state index is 0.124. The van der Waals surface area contributed by atoms with Crippen LogP contribution in [0.1, 0.15) is 23.7 Å². The van der Waals surface area contributed by atoms with E-state index in [9.17, 15) is 9.90 Å². The topological polar surface area (TPSA) is 37.3 Å². The Morgan fingerprint density at radius 3 is 2.77 bits per heavy atom. The van der Waals surface area contributed by atoms with E-state index in [1.165, 1.54) is 0 Å². The number of aromatic hydroxyl groups is 1. The quantitative estimate of drug-likeness (QED) is 0.830. The molecule has 0 unspecified atom stereocenters. The third-order valence-corrected chi connectivity index (χ3v) is 2.40. The number of benzene rings is 1. The Hall–Kier alpha value is -0.540. The Morgan fingerprint density at radius 1 is 1.62 bits per heavy atom.